The minimum atomic E-state index is 0.611. The van der Waals surface area contributed by atoms with Gasteiger partial charge in [0.1, 0.15) is 0 Å². The van der Waals surface area contributed by atoms with Crippen LogP contribution in [0.3, 0.4) is 0 Å². The van der Waals surface area contributed by atoms with Crippen molar-refractivity contribution in [3.63, 3.8) is 0 Å². The molecule has 2 bridgehead atoms. The minimum absolute atomic E-state index is 0.611. The third-order valence-corrected chi connectivity index (χ3v) is 5.07. The Morgan fingerprint density at radius 2 is 2.00 bits per heavy atom. The Balaban J connectivity index is 2.10. The maximum Gasteiger partial charge on any atom is 0.0247 e. The Hall–Kier alpha value is -0.0400. The van der Waals surface area contributed by atoms with E-state index in [1.165, 1.54) is 32.2 Å². The molecule has 1 heteroatoms. The molecule has 3 atom stereocenters. The minimum Gasteiger partial charge on any atom is -0.310 e. The van der Waals surface area contributed by atoms with E-state index in [-0.39, 0.29) is 0 Å². The average Bonchev–Trinajstić information content (AvgIpc) is 2.55. The van der Waals surface area contributed by atoms with Crippen LogP contribution in [0.2, 0.25) is 0 Å². The van der Waals surface area contributed by atoms with E-state index in [1.54, 1.807) is 0 Å². The first-order chi connectivity index (χ1) is 5.12. The van der Waals surface area contributed by atoms with Gasteiger partial charge in [0.2, 0.25) is 0 Å². The van der Waals surface area contributed by atoms with Crippen molar-refractivity contribution in [1.29, 1.82) is 0 Å². The van der Waals surface area contributed by atoms with Crippen molar-refractivity contribution in [1.82, 2.24) is 5.32 Å². The zero-order valence-corrected chi connectivity index (χ0v) is 7.54. The lowest BCUT2D eigenvalue weighted by Crippen LogP contribution is -2.32. The molecule has 3 aliphatic rings. The number of nitrogens with one attached hydrogen (secondary N) is 1. The fraction of sp³-hybridized carbons (Fsp3) is 1.00. The van der Waals surface area contributed by atoms with Crippen LogP contribution in [0.4, 0.5) is 0 Å². The molecule has 1 N–H and O–H groups in total. The van der Waals surface area contributed by atoms with Gasteiger partial charge in [0.25, 0.3) is 0 Å². The zero-order chi connectivity index (χ0) is 7.74. The largest absolute Gasteiger partial charge is 0.310 e. The summed E-state index contributed by atoms with van der Waals surface area (Å²) in [4.78, 5) is 0. The Labute approximate surface area is 68.6 Å². The predicted molar refractivity (Wildman–Crippen MR) is 45.4 cm³/mol. The van der Waals surface area contributed by atoms with Gasteiger partial charge < -0.3 is 5.32 Å². The van der Waals surface area contributed by atoms with Crippen LogP contribution in [0.25, 0.3) is 0 Å². The summed E-state index contributed by atoms with van der Waals surface area (Å²) >= 11 is 0. The van der Waals surface area contributed by atoms with Gasteiger partial charge in [-0.2, -0.15) is 0 Å². The number of hydrogen-bond acceptors (Lipinski definition) is 1. The van der Waals surface area contributed by atoms with Crippen LogP contribution in [0.1, 0.15) is 39.5 Å². The van der Waals surface area contributed by atoms with Crippen LogP contribution >= 0.6 is 0 Å². The summed E-state index contributed by atoms with van der Waals surface area (Å²) in [7, 11) is 0. The molecule has 3 rings (SSSR count). The van der Waals surface area contributed by atoms with Crippen molar-refractivity contribution < 1.29 is 0 Å². The molecule has 2 saturated carbocycles. The summed E-state index contributed by atoms with van der Waals surface area (Å²) in [6, 6.07) is 0. The highest BCUT2D eigenvalue weighted by atomic mass is 15.2. The standard InChI is InChI=1S/C10H17N/c1-8-4-3-5-10(11-7-8)6-9(8,10)2/h11H,3-7H2,1-2H3. The molecule has 1 saturated heterocycles. The molecule has 0 aromatic heterocycles. The Bertz CT molecular complexity index is 209. The molecular formula is C10H17N. The van der Waals surface area contributed by atoms with Gasteiger partial charge in [-0.15, -0.1) is 0 Å². The van der Waals surface area contributed by atoms with E-state index in [1.807, 2.05) is 0 Å². The van der Waals surface area contributed by atoms with Crippen LogP contribution in [0, 0.1) is 10.8 Å². The van der Waals surface area contributed by atoms with Crippen molar-refractivity contribution in [2.24, 2.45) is 10.8 Å². The molecule has 1 nitrogen and oxygen atoms in total. The van der Waals surface area contributed by atoms with Crippen LogP contribution in [0.5, 0.6) is 0 Å². The van der Waals surface area contributed by atoms with E-state index in [2.05, 4.69) is 19.2 Å². The highest BCUT2D eigenvalue weighted by Crippen LogP contribution is 2.75. The van der Waals surface area contributed by atoms with Crippen LogP contribution < -0.4 is 5.32 Å². The highest BCUT2D eigenvalue weighted by molar-refractivity contribution is 5.31. The van der Waals surface area contributed by atoms with Gasteiger partial charge in [0, 0.05) is 12.1 Å². The fourth-order valence-corrected chi connectivity index (χ4v) is 3.76. The van der Waals surface area contributed by atoms with Crippen molar-refractivity contribution in [3.05, 3.63) is 0 Å². The van der Waals surface area contributed by atoms with Crippen molar-refractivity contribution >= 4 is 0 Å². The molecule has 0 amide bonds. The zero-order valence-electron chi connectivity index (χ0n) is 7.54. The molecular weight excluding hydrogens is 134 g/mol. The maximum absolute atomic E-state index is 3.75. The molecule has 3 fully saturated rings. The fourth-order valence-electron chi connectivity index (χ4n) is 3.76. The SMILES string of the molecule is CC12CCCC3(CC13C)NC2. The smallest absolute Gasteiger partial charge is 0.0247 e. The van der Waals surface area contributed by atoms with E-state index < -0.39 is 0 Å². The monoisotopic (exact) mass is 151 g/mol. The molecule has 1 heterocycles. The molecule has 2 aliphatic carbocycles. The summed E-state index contributed by atoms with van der Waals surface area (Å²) in [5.74, 6) is 0. The molecule has 0 aromatic rings. The summed E-state index contributed by atoms with van der Waals surface area (Å²) in [6.45, 7) is 6.25. The third-order valence-electron chi connectivity index (χ3n) is 5.07. The summed E-state index contributed by atoms with van der Waals surface area (Å²) in [5, 5.41) is 3.75. The third kappa shape index (κ3) is 0.462. The quantitative estimate of drug-likeness (QED) is 0.558. The van der Waals surface area contributed by atoms with Gasteiger partial charge in [-0.1, -0.05) is 20.3 Å². The first kappa shape index (κ1) is 6.47. The molecule has 11 heavy (non-hydrogen) atoms. The lowest BCUT2D eigenvalue weighted by Gasteiger charge is -2.35. The van der Waals surface area contributed by atoms with Gasteiger partial charge in [-0.25, -0.2) is 0 Å². The molecule has 0 aromatic carbocycles. The van der Waals surface area contributed by atoms with E-state index in [9.17, 15) is 0 Å². The molecule has 0 radical (unpaired) electrons. The molecule has 62 valence electrons. The van der Waals surface area contributed by atoms with Gasteiger partial charge in [0.05, 0.1) is 0 Å². The first-order valence-electron chi connectivity index (χ1n) is 4.87. The molecule has 0 spiro atoms. The number of hydrogen-bond donors (Lipinski definition) is 1. The molecule has 3 unspecified atom stereocenters. The summed E-state index contributed by atoms with van der Waals surface area (Å²) < 4.78 is 0. The van der Waals surface area contributed by atoms with Gasteiger partial charge >= 0.3 is 0 Å². The average molecular weight is 151 g/mol. The van der Waals surface area contributed by atoms with Crippen molar-refractivity contribution in [3.8, 4) is 0 Å². The van der Waals surface area contributed by atoms with Gasteiger partial charge in [0.15, 0.2) is 0 Å². The number of rotatable bonds is 0. The predicted octanol–water partition coefficient (Wildman–Crippen LogP) is 1.93. The van der Waals surface area contributed by atoms with Gasteiger partial charge in [-0.05, 0) is 30.1 Å². The second-order valence-electron chi connectivity index (χ2n) is 5.36. The number of piperidine rings is 1. The Kier molecular flexibility index (Phi) is 0.820. The maximum atomic E-state index is 3.75. The van der Waals surface area contributed by atoms with Crippen molar-refractivity contribution in [2.75, 3.05) is 6.54 Å². The van der Waals surface area contributed by atoms with Crippen LogP contribution in [0.15, 0.2) is 0 Å². The lowest BCUT2D eigenvalue weighted by atomic mass is 9.68. The second-order valence-corrected chi connectivity index (χ2v) is 5.36. The first-order valence-corrected chi connectivity index (χ1v) is 4.87. The normalized spacial score (nSPS) is 66.0. The Morgan fingerprint density at radius 3 is 2.55 bits per heavy atom. The van der Waals surface area contributed by atoms with E-state index in [4.69, 9.17) is 0 Å². The van der Waals surface area contributed by atoms with Crippen molar-refractivity contribution in [2.45, 2.75) is 45.1 Å². The van der Waals surface area contributed by atoms with E-state index >= 15 is 0 Å². The summed E-state index contributed by atoms with van der Waals surface area (Å²) in [6.07, 6.45) is 5.81. The van der Waals surface area contributed by atoms with E-state index in [0.29, 0.717) is 16.4 Å². The van der Waals surface area contributed by atoms with Crippen LogP contribution in [-0.4, -0.2) is 12.1 Å². The highest BCUT2D eigenvalue weighted by Gasteiger charge is 2.76. The summed E-state index contributed by atoms with van der Waals surface area (Å²) in [5.41, 5.74) is 1.93. The second kappa shape index (κ2) is 1.39. The lowest BCUT2D eigenvalue weighted by molar-refractivity contribution is 0.163. The van der Waals surface area contributed by atoms with Gasteiger partial charge in [-0.3, -0.25) is 0 Å². The Morgan fingerprint density at radius 1 is 1.18 bits per heavy atom. The topological polar surface area (TPSA) is 12.0 Å². The van der Waals surface area contributed by atoms with E-state index in [0.717, 1.165) is 0 Å². The van der Waals surface area contributed by atoms with Crippen LogP contribution in [-0.2, 0) is 0 Å². The molecule has 1 aliphatic heterocycles.